The molecule has 1 N–H and O–H groups in total. The van der Waals surface area contributed by atoms with Gasteiger partial charge >= 0.3 is 0 Å². The number of fused-ring (bicyclic) bond motifs is 1. The number of hydrogen-bond donors (Lipinski definition) is 1. The van der Waals surface area contributed by atoms with Gasteiger partial charge in [0, 0.05) is 17.3 Å². The second kappa shape index (κ2) is 5.95. The van der Waals surface area contributed by atoms with Crippen LogP contribution in [0.15, 0.2) is 42.5 Å². The Labute approximate surface area is 136 Å². The van der Waals surface area contributed by atoms with Crippen molar-refractivity contribution in [2.24, 2.45) is 0 Å². The molecule has 1 amide bonds. The highest BCUT2D eigenvalue weighted by Gasteiger charge is 2.15. The maximum absolute atomic E-state index is 12.4. The van der Waals surface area contributed by atoms with Crippen LogP contribution in [0.4, 0.5) is 5.69 Å². The number of anilines is 1. The summed E-state index contributed by atoms with van der Waals surface area (Å²) in [4.78, 5) is 12.4. The quantitative estimate of drug-likeness (QED) is 0.911. The number of hydrogen-bond acceptors (Lipinski definition) is 3. The number of benzene rings is 2. The second-order valence-electron chi connectivity index (χ2n) is 6.64. The molecule has 120 valence electrons. The fraction of sp³-hybridized carbons (Fsp3) is 0.316. The molecule has 0 unspecified atom stereocenters. The van der Waals surface area contributed by atoms with Crippen LogP contribution in [0.5, 0.6) is 11.5 Å². The maximum Gasteiger partial charge on any atom is 0.255 e. The summed E-state index contributed by atoms with van der Waals surface area (Å²) in [6.07, 6.45) is 0. The van der Waals surface area contributed by atoms with Crippen LogP contribution in [-0.4, -0.2) is 19.1 Å². The molecule has 0 aromatic heterocycles. The largest absolute Gasteiger partial charge is 0.486 e. The van der Waals surface area contributed by atoms with Crippen LogP contribution in [0.3, 0.4) is 0 Å². The minimum Gasteiger partial charge on any atom is -0.486 e. The molecule has 0 bridgehead atoms. The molecule has 1 aliphatic rings. The zero-order valence-corrected chi connectivity index (χ0v) is 13.7. The summed E-state index contributed by atoms with van der Waals surface area (Å²) in [7, 11) is 0. The van der Waals surface area contributed by atoms with Gasteiger partial charge in [-0.1, -0.05) is 32.9 Å². The van der Waals surface area contributed by atoms with Crippen molar-refractivity contribution >= 4 is 11.6 Å². The van der Waals surface area contributed by atoms with Gasteiger partial charge in [-0.25, -0.2) is 0 Å². The third-order valence-electron chi connectivity index (χ3n) is 3.81. The lowest BCUT2D eigenvalue weighted by Crippen LogP contribution is -2.16. The number of amides is 1. The van der Waals surface area contributed by atoms with Gasteiger partial charge in [0.2, 0.25) is 0 Å². The van der Waals surface area contributed by atoms with E-state index < -0.39 is 0 Å². The first-order chi connectivity index (χ1) is 10.9. The Kier molecular flexibility index (Phi) is 3.99. The third kappa shape index (κ3) is 3.47. The predicted octanol–water partition coefficient (Wildman–Crippen LogP) is 4.01. The van der Waals surface area contributed by atoms with Gasteiger partial charge in [0.25, 0.3) is 5.91 Å². The molecule has 2 aromatic rings. The average Bonchev–Trinajstić information content (AvgIpc) is 2.54. The molecule has 0 atom stereocenters. The van der Waals surface area contributed by atoms with Gasteiger partial charge in [-0.3, -0.25) is 4.79 Å². The molecule has 2 aromatic carbocycles. The number of rotatable bonds is 2. The van der Waals surface area contributed by atoms with Crippen molar-refractivity contribution in [2.45, 2.75) is 26.2 Å². The van der Waals surface area contributed by atoms with Gasteiger partial charge in [-0.2, -0.15) is 0 Å². The molecule has 0 fully saturated rings. The van der Waals surface area contributed by atoms with Crippen LogP contribution in [-0.2, 0) is 5.41 Å². The summed E-state index contributed by atoms with van der Waals surface area (Å²) in [5.41, 5.74) is 2.60. The Bertz CT molecular complexity index is 714. The first kappa shape index (κ1) is 15.4. The van der Waals surface area contributed by atoms with Crippen LogP contribution in [0, 0.1) is 0 Å². The van der Waals surface area contributed by atoms with E-state index in [-0.39, 0.29) is 11.3 Å². The van der Waals surface area contributed by atoms with E-state index in [9.17, 15) is 4.79 Å². The molecule has 0 spiro atoms. The SMILES string of the molecule is CC(C)(C)c1ccc(C(=O)Nc2ccc3c(c2)OCCO3)cc1. The lowest BCUT2D eigenvalue weighted by atomic mass is 9.87. The molecular weight excluding hydrogens is 290 g/mol. The number of carbonyl (C=O) groups excluding carboxylic acids is 1. The summed E-state index contributed by atoms with van der Waals surface area (Å²) < 4.78 is 11.0. The van der Waals surface area contributed by atoms with Crippen LogP contribution >= 0.6 is 0 Å². The molecular formula is C19H21NO3. The minimum absolute atomic E-state index is 0.0742. The van der Waals surface area contributed by atoms with Crippen molar-refractivity contribution in [1.29, 1.82) is 0 Å². The van der Waals surface area contributed by atoms with E-state index in [1.165, 1.54) is 5.56 Å². The highest BCUT2D eigenvalue weighted by molar-refractivity contribution is 6.04. The monoisotopic (exact) mass is 311 g/mol. The molecule has 4 heteroatoms. The van der Waals surface area contributed by atoms with Crippen LogP contribution < -0.4 is 14.8 Å². The van der Waals surface area contributed by atoms with Gasteiger partial charge in [0.1, 0.15) is 13.2 Å². The first-order valence-electron chi connectivity index (χ1n) is 7.75. The Balaban J connectivity index is 1.74. The third-order valence-corrected chi connectivity index (χ3v) is 3.81. The zero-order chi connectivity index (χ0) is 16.4. The van der Waals surface area contributed by atoms with E-state index in [2.05, 4.69) is 26.1 Å². The Morgan fingerprint density at radius 1 is 0.957 bits per heavy atom. The van der Waals surface area contributed by atoms with Crippen molar-refractivity contribution in [2.75, 3.05) is 18.5 Å². The van der Waals surface area contributed by atoms with Gasteiger partial charge in [0.05, 0.1) is 0 Å². The highest BCUT2D eigenvalue weighted by atomic mass is 16.6. The van der Waals surface area contributed by atoms with Gasteiger partial charge in [-0.05, 0) is 35.2 Å². The normalized spacial score (nSPS) is 13.5. The molecule has 3 rings (SSSR count). The van der Waals surface area contributed by atoms with Gasteiger partial charge in [-0.15, -0.1) is 0 Å². The average molecular weight is 311 g/mol. The van der Waals surface area contributed by atoms with Gasteiger partial charge in [0.15, 0.2) is 11.5 Å². The van der Waals surface area contributed by atoms with Gasteiger partial charge < -0.3 is 14.8 Å². The Hall–Kier alpha value is -2.49. The minimum atomic E-state index is -0.137. The lowest BCUT2D eigenvalue weighted by Gasteiger charge is -2.19. The van der Waals surface area contributed by atoms with Crippen LogP contribution in [0.2, 0.25) is 0 Å². The summed E-state index contributed by atoms with van der Waals surface area (Å²) >= 11 is 0. The second-order valence-corrected chi connectivity index (χ2v) is 6.64. The summed E-state index contributed by atoms with van der Waals surface area (Å²) in [5.74, 6) is 1.24. The van der Waals surface area contributed by atoms with E-state index in [0.717, 1.165) is 0 Å². The lowest BCUT2D eigenvalue weighted by molar-refractivity contribution is 0.102. The van der Waals surface area contributed by atoms with E-state index in [0.29, 0.717) is 36.0 Å². The standard InChI is InChI=1S/C19H21NO3/c1-19(2,3)14-6-4-13(5-7-14)18(21)20-15-8-9-16-17(12-15)23-11-10-22-16/h4-9,12H,10-11H2,1-3H3,(H,20,21). The van der Waals surface area contributed by atoms with Crippen molar-refractivity contribution in [3.8, 4) is 11.5 Å². The fourth-order valence-corrected chi connectivity index (χ4v) is 2.45. The van der Waals surface area contributed by atoms with E-state index >= 15 is 0 Å². The van der Waals surface area contributed by atoms with Crippen LogP contribution in [0.25, 0.3) is 0 Å². The van der Waals surface area contributed by atoms with Crippen molar-refractivity contribution in [1.82, 2.24) is 0 Å². The van der Waals surface area contributed by atoms with Crippen molar-refractivity contribution in [3.63, 3.8) is 0 Å². The molecule has 23 heavy (non-hydrogen) atoms. The van der Waals surface area contributed by atoms with Crippen molar-refractivity contribution < 1.29 is 14.3 Å². The summed E-state index contributed by atoms with van der Waals surface area (Å²) in [5, 5.41) is 2.89. The number of ether oxygens (including phenoxy) is 2. The predicted molar refractivity (Wildman–Crippen MR) is 90.5 cm³/mol. The summed E-state index contributed by atoms with van der Waals surface area (Å²) in [6, 6.07) is 13.1. The van der Waals surface area contributed by atoms with Crippen molar-refractivity contribution in [3.05, 3.63) is 53.6 Å². The molecule has 1 aliphatic heterocycles. The van der Waals surface area contributed by atoms with E-state index in [1.807, 2.05) is 36.4 Å². The molecule has 0 saturated carbocycles. The molecule has 0 radical (unpaired) electrons. The fourth-order valence-electron chi connectivity index (χ4n) is 2.45. The molecule has 0 saturated heterocycles. The van der Waals surface area contributed by atoms with Crippen LogP contribution in [0.1, 0.15) is 36.7 Å². The topological polar surface area (TPSA) is 47.6 Å². The van der Waals surface area contributed by atoms with E-state index in [1.54, 1.807) is 6.07 Å². The number of nitrogens with one attached hydrogen (secondary N) is 1. The first-order valence-corrected chi connectivity index (χ1v) is 7.75. The zero-order valence-electron chi connectivity index (χ0n) is 13.7. The maximum atomic E-state index is 12.4. The molecule has 4 nitrogen and oxygen atoms in total. The van der Waals surface area contributed by atoms with E-state index in [4.69, 9.17) is 9.47 Å². The summed E-state index contributed by atoms with van der Waals surface area (Å²) in [6.45, 7) is 7.53. The Morgan fingerprint density at radius 2 is 1.61 bits per heavy atom. The Morgan fingerprint density at radius 3 is 2.26 bits per heavy atom. The molecule has 0 aliphatic carbocycles. The number of carbonyl (C=O) groups is 1. The smallest absolute Gasteiger partial charge is 0.255 e. The highest BCUT2D eigenvalue weighted by Crippen LogP contribution is 2.32. The molecule has 1 heterocycles.